The number of benzene rings is 3. The molecule has 0 unspecified atom stereocenters. The smallest absolute Gasteiger partial charge is 0.141 e. The van der Waals surface area contributed by atoms with E-state index in [9.17, 15) is 0 Å². The van der Waals surface area contributed by atoms with Crippen LogP contribution in [-0.4, -0.2) is 4.98 Å². The molecule has 2 heterocycles. The fourth-order valence-corrected chi connectivity index (χ4v) is 4.50. The van der Waals surface area contributed by atoms with Crippen LogP contribution in [-0.2, 0) is 0 Å². The van der Waals surface area contributed by atoms with Crippen molar-refractivity contribution in [2.75, 3.05) is 0 Å². The third-order valence-corrected chi connectivity index (χ3v) is 5.70. The Bertz CT molecular complexity index is 1310. The van der Waals surface area contributed by atoms with Gasteiger partial charge in [-0.05, 0) is 52.2 Å². The lowest BCUT2D eigenvalue weighted by atomic mass is 10.0. The van der Waals surface area contributed by atoms with Crippen molar-refractivity contribution in [2.45, 2.75) is 0 Å². The molecule has 3 heteroatoms. The van der Waals surface area contributed by atoms with E-state index in [1.54, 1.807) is 6.20 Å². The molecule has 5 aromatic rings. The molecule has 0 atom stereocenters. The minimum absolute atomic E-state index is 0.443. The van der Waals surface area contributed by atoms with Crippen molar-refractivity contribution < 1.29 is 0 Å². The van der Waals surface area contributed by atoms with Gasteiger partial charge in [-0.2, -0.15) is 5.26 Å². The predicted octanol–water partition coefficient (Wildman–Crippen LogP) is 6.14. The molecule has 0 fully saturated rings. The first-order valence-electron chi connectivity index (χ1n) is 8.04. The van der Waals surface area contributed by atoms with Crippen LogP contribution in [0.15, 0.2) is 72.9 Å². The van der Waals surface area contributed by atoms with Crippen LogP contribution >= 0.6 is 11.3 Å². The van der Waals surface area contributed by atoms with Crippen LogP contribution in [0, 0.1) is 11.3 Å². The molecule has 0 N–H and O–H groups in total. The van der Waals surface area contributed by atoms with Gasteiger partial charge in [0.25, 0.3) is 0 Å². The van der Waals surface area contributed by atoms with E-state index in [1.165, 1.54) is 30.9 Å². The quantitative estimate of drug-likeness (QED) is 0.368. The Hall–Kier alpha value is -3.22. The zero-order valence-electron chi connectivity index (χ0n) is 13.2. The molecule has 3 aromatic carbocycles. The summed E-state index contributed by atoms with van der Waals surface area (Å²) in [5.41, 5.74) is 2.57. The lowest BCUT2D eigenvalue weighted by Gasteiger charge is -2.04. The summed E-state index contributed by atoms with van der Waals surface area (Å²) in [5.74, 6) is 0. The molecule has 25 heavy (non-hydrogen) atoms. The Morgan fingerprint density at radius 2 is 1.64 bits per heavy atom. The maximum Gasteiger partial charge on any atom is 0.141 e. The highest BCUT2D eigenvalue weighted by molar-refractivity contribution is 7.26. The van der Waals surface area contributed by atoms with Crippen LogP contribution in [0.4, 0.5) is 0 Å². The molecule has 0 aliphatic rings. The van der Waals surface area contributed by atoms with Gasteiger partial charge in [-0.1, -0.05) is 36.4 Å². The summed E-state index contributed by atoms with van der Waals surface area (Å²) >= 11 is 1.82. The van der Waals surface area contributed by atoms with Gasteiger partial charge in [0, 0.05) is 26.4 Å². The van der Waals surface area contributed by atoms with Gasteiger partial charge in [0.05, 0.1) is 0 Å². The Kier molecular flexibility index (Phi) is 3.06. The highest BCUT2D eigenvalue weighted by Crippen LogP contribution is 2.40. The Labute approximate surface area is 148 Å². The monoisotopic (exact) mass is 336 g/mol. The van der Waals surface area contributed by atoms with E-state index in [-0.39, 0.29) is 0 Å². The summed E-state index contributed by atoms with van der Waals surface area (Å²) in [7, 11) is 0. The van der Waals surface area contributed by atoms with Crippen LogP contribution in [0.25, 0.3) is 42.1 Å². The third kappa shape index (κ3) is 2.20. The van der Waals surface area contributed by atoms with Crippen molar-refractivity contribution in [1.29, 1.82) is 5.26 Å². The molecule has 0 spiro atoms. The minimum atomic E-state index is 0.443. The summed E-state index contributed by atoms with van der Waals surface area (Å²) in [4.78, 5) is 4.07. The number of hydrogen-bond acceptors (Lipinski definition) is 3. The standard InChI is InChI=1S/C22H12N2S/c23-13-17-11-16(9-10-24-17)15-6-7-20-19(12-15)22-18-4-2-1-3-14(18)5-8-21(22)25-20/h1-12H. The SMILES string of the molecule is N#Cc1cc(-c2ccc3sc4ccc5ccccc5c4c3c2)ccn1. The molecule has 0 amide bonds. The molecular formula is C22H12N2S. The number of aromatic nitrogens is 1. The first kappa shape index (κ1) is 14.2. The second-order valence-electron chi connectivity index (χ2n) is 6.01. The van der Waals surface area contributed by atoms with E-state index >= 15 is 0 Å². The number of fused-ring (bicyclic) bond motifs is 5. The fourth-order valence-electron chi connectivity index (χ4n) is 3.40. The molecule has 2 nitrogen and oxygen atoms in total. The Morgan fingerprint density at radius 1 is 0.800 bits per heavy atom. The van der Waals surface area contributed by atoms with Crippen molar-refractivity contribution in [3.05, 3.63) is 78.6 Å². The van der Waals surface area contributed by atoms with E-state index in [2.05, 4.69) is 65.7 Å². The van der Waals surface area contributed by atoms with Gasteiger partial charge in [-0.3, -0.25) is 0 Å². The van der Waals surface area contributed by atoms with Gasteiger partial charge in [0.1, 0.15) is 11.8 Å². The molecule has 2 aromatic heterocycles. The Balaban J connectivity index is 1.85. The molecule has 0 bridgehead atoms. The zero-order valence-corrected chi connectivity index (χ0v) is 14.0. The average Bonchev–Trinajstić information content (AvgIpc) is 3.06. The highest BCUT2D eigenvalue weighted by Gasteiger charge is 2.10. The van der Waals surface area contributed by atoms with Gasteiger partial charge >= 0.3 is 0 Å². The van der Waals surface area contributed by atoms with Crippen molar-refractivity contribution in [3.8, 4) is 17.2 Å². The lowest BCUT2D eigenvalue weighted by molar-refractivity contribution is 1.27. The number of pyridine rings is 1. The summed E-state index contributed by atoms with van der Waals surface area (Å²) in [5, 5.41) is 14.2. The molecule has 0 saturated heterocycles. The molecule has 116 valence electrons. The molecule has 0 aliphatic heterocycles. The van der Waals surface area contributed by atoms with Gasteiger partial charge in [-0.15, -0.1) is 11.3 Å². The largest absolute Gasteiger partial charge is 0.246 e. The van der Waals surface area contributed by atoms with Crippen molar-refractivity contribution in [2.24, 2.45) is 0 Å². The van der Waals surface area contributed by atoms with E-state index in [0.29, 0.717) is 5.69 Å². The van der Waals surface area contributed by atoms with Crippen LogP contribution < -0.4 is 0 Å². The second-order valence-corrected chi connectivity index (χ2v) is 7.10. The molecule has 0 aliphatic carbocycles. The number of nitriles is 1. The van der Waals surface area contributed by atoms with Crippen molar-refractivity contribution >= 4 is 42.3 Å². The van der Waals surface area contributed by atoms with E-state index in [0.717, 1.165) is 11.1 Å². The summed E-state index contributed by atoms with van der Waals surface area (Å²) < 4.78 is 2.59. The van der Waals surface area contributed by atoms with Gasteiger partial charge in [-0.25, -0.2) is 4.98 Å². The summed E-state index contributed by atoms with van der Waals surface area (Å²) in [6.45, 7) is 0. The second kappa shape index (κ2) is 5.41. The molecular weight excluding hydrogens is 324 g/mol. The third-order valence-electron chi connectivity index (χ3n) is 4.57. The molecule has 5 rings (SSSR count). The van der Waals surface area contributed by atoms with Crippen LogP contribution in [0.5, 0.6) is 0 Å². The lowest BCUT2D eigenvalue weighted by Crippen LogP contribution is -1.84. The Morgan fingerprint density at radius 3 is 2.56 bits per heavy atom. The first-order valence-corrected chi connectivity index (χ1v) is 8.86. The maximum absolute atomic E-state index is 9.10. The zero-order chi connectivity index (χ0) is 16.8. The van der Waals surface area contributed by atoms with Gasteiger partial charge < -0.3 is 0 Å². The molecule has 0 saturated carbocycles. The minimum Gasteiger partial charge on any atom is -0.246 e. The van der Waals surface area contributed by atoms with Gasteiger partial charge in [0.15, 0.2) is 0 Å². The average molecular weight is 336 g/mol. The summed E-state index contributed by atoms with van der Waals surface area (Å²) in [6, 6.07) is 25.4. The predicted molar refractivity (Wildman–Crippen MR) is 105 cm³/mol. The first-order chi connectivity index (χ1) is 12.3. The van der Waals surface area contributed by atoms with Crippen LogP contribution in [0.3, 0.4) is 0 Å². The fraction of sp³-hybridized carbons (Fsp3) is 0. The topological polar surface area (TPSA) is 36.7 Å². The van der Waals surface area contributed by atoms with Crippen LogP contribution in [0.1, 0.15) is 5.69 Å². The van der Waals surface area contributed by atoms with Crippen LogP contribution in [0.2, 0.25) is 0 Å². The molecule has 0 radical (unpaired) electrons. The highest BCUT2D eigenvalue weighted by atomic mass is 32.1. The van der Waals surface area contributed by atoms with E-state index < -0.39 is 0 Å². The van der Waals surface area contributed by atoms with E-state index in [4.69, 9.17) is 5.26 Å². The van der Waals surface area contributed by atoms with Crippen molar-refractivity contribution in [1.82, 2.24) is 4.98 Å². The normalized spacial score (nSPS) is 11.2. The van der Waals surface area contributed by atoms with E-state index in [1.807, 2.05) is 23.5 Å². The maximum atomic E-state index is 9.10. The summed E-state index contributed by atoms with van der Waals surface area (Å²) in [6.07, 6.45) is 1.69. The van der Waals surface area contributed by atoms with Gasteiger partial charge in [0.2, 0.25) is 0 Å². The number of rotatable bonds is 1. The number of nitrogens with zero attached hydrogens (tertiary/aromatic N) is 2. The number of thiophene rings is 1. The number of hydrogen-bond donors (Lipinski definition) is 0. The van der Waals surface area contributed by atoms with Crippen molar-refractivity contribution in [3.63, 3.8) is 0 Å².